The first-order valence-corrected chi connectivity index (χ1v) is 6.64. The molecule has 0 spiro atoms. The van der Waals surface area contributed by atoms with E-state index in [-0.39, 0.29) is 16.8 Å². The van der Waals surface area contributed by atoms with Gasteiger partial charge >= 0.3 is 0 Å². The number of aryl methyl sites for hydroxylation is 2. The summed E-state index contributed by atoms with van der Waals surface area (Å²) in [6.07, 6.45) is 2.83. The van der Waals surface area contributed by atoms with E-state index >= 15 is 0 Å². The zero-order valence-corrected chi connectivity index (χ0v) is 12.5. The zero-order chi connectivity index (χ0) is 14.7. The molecule has 0 radical (unpaired) electrons. The zero-order valence-electron chi connectivity index (χ0n) is 11.7. The van der Waals surface area contributed by atoms with Gasteiger partial charge in [0.2, 0.25) is 0 Å². The fourth-order valence-corrected chi connectivity index (χ4v) is 2.14. The van der Waals surface area contributed by atoms with Gasteiger partial charge in [0.15, 0.2) is 0 Å². The molecule has 2 aromatic rings. The number of aromatic nitrogens is 2. The smallest absolute Gasteiger partial charge is 0.274 e. The lowest BCUT2D eigenvalue weighted by atomic mass is 10.1. The maximum atomic E-state index is 12.2. The van der Waals surface area contributed by atoms with Crippen LogP contribution in [0.15, 0.2) is 30.6 Å². The lowest BCUT2D eigenvalue weighted by Crippen LogP contribution is -2.27. The highest BCUT2D eigenvalue weighted by Gasteiger charge is 2.15. The van der Waals surface area contributed by atoms with Crippen molar-refractivity contribution in [2.45, 2.75) is 20.4 Å². The number of benzene rings is 1. The van der Waals surface area contributed by atoms with Gasteiger partial charge in [0.05, 0.1) is 12.4 Å². The molecule has 5 heteroatoms. The van der Waals surface area contributed by atoms with Gasteiger partial charge in [0.25, 0.3) is 5.91 Å². The van der Waals surface area contributed by atoms with E-state index in [9.17, 15) is 4.79 Å². The van der Waals surface area contributed by atoms with Crippen LogP contribution in [0.2, 0.25) is 5.15 Å². The Bertz CT molecular complexity index is 643. The first-order chi connectivity index (χ1) is 9.47. The van der Waals surface area contributed by atoms with Crippen molar-refractivity contribution in [3.05, 3.63) is 58.1 Å². The Balaban J connectivity index is 2.15. The predicted octanol–water partition coefficient (Wildman–Crippen LogP) is 3.02. The maximum Gasteiger partial charge on any atom is 0.274 e. The summed E-state index contributed by atoms with van der Waals surface area (Å²) in [6.45, 7) is 4.62. The Morgan fingerprint density at radius 3 is 2.70 bits per heavy atom. The van der Waals surface area contributed by atoms with E-state index in [0.717, 1.165) is 5.56 Å². The summed E-state index contributed by atoms with van der Waals surface area (Å²) in [5.74, 6) is -0.194. The fourth-order valence-electron chi connectivity index (χ4n) is 1.99. The molecular formula is C15H16ClN3O. The number of amides is 1. The number of hydrogen-bond acceptors (Lipinski definition) is 3. The predicted molar refractivity (Wildman–Crippen MR) is 78.8 cm³/mol. The minimum Gasteiger partial charge on any atom is -0.336 e. The van der Waals surface area contributed by atoms with Crippen LogP contribution in [0, 0.1) is 13.8 Å². The van der Waals surface area contributed by atoms with Gasteiger partial charge < -0.3 is 4.90 Å². The summed E-state index contributed by atoms with van der Waals surface area (Å²) in [7, 11) is 1.74. The first kappa shape index (κ1) is 14.5. The molecule has 0 saturated heterocycles. The molecule has 0 aliphatic rings. The standard InChI is InChI=1S/C15H16ClN3O/c1-10-4-5-12(11(2)6-10)9-19(3)15(20)13-7-17-8-14(16)18-13/h4-8H,9H2,1-3H3. The van der Waals surface area contributed by atoms with Crippen molar-refractivity contribution in [2.75, 3.05) is 7.05 Å². The van der Waals surface area contributed by atoms with Gasteiger partial charge in [0, 0.05) is 13.6 Å². The minimum absolute atomic E-state index is 0.194. The Kier molecular flexibility index (Phi) is 4.35. The number of halogens is 1. The van der Waals surface area contributed by atoms with Gasteiger partial charge in [-0.05, 0) is 25.0 Å². The van der Waals surface area contributed by atoms with Gasteiger partial charge in [0.1, 0.15) is 10.8 Å². The number of rotatable bonds is 3. The fraction of sp³-hybridized carbons (Fsp3) is 0.267. The van der Waals surface area contributed by atoms with E-state index in [1.54, 1.807) is 11.9 Å². The lowest BCUT2D eigenvalue weighted by Gasteiger charge is -2.18. The third kappa shape index (κ3) is 3.33. The van der Waals surface area contributed by atoms with Crippen molar-refractivity contribution >= 4 is 17.5 Å². The van der Waals surface area contributed by atoms with Crippen molar-refractivity contribution in [1.29, 1.82) is 0 Å². The number of nitrogens with zero attached hydrogens (tertiary/aromatic N) is 3. The van der Waals surface area contributed by atoms with Crippen LogP contribution in [0.1, 0.15) is 27.2 Å². The van der Waals surface area contributed by atoms with E-state index < -0.39 is 0 Å². The Morgan fingerprint density at radius 2 is 2.05 bits per heavy atom. The summed E-state index contributed by atoms with van der Waals surface area (Å²) in [6, 6.07) is 6.19. The van der Waals surface area contributed by atoms with Crippen LogP contribution < -0.4 is 0 Å². The molecule has 1 aromatic carbocycles. The van der Waals surface area contributed by atoms with Crippen LogP contribution in [0.3, 0.4) is 0 Å². The average Bonchev–Trinajstić information content (AvgIpc) is 2.41. The molecule has 20 heavy (non-hydrogen) atoms. The number of carbonyl (C=O) groups excluding carboxylic acids is 1. The second kappa shape index (κ2) is 6.01. The van der Waals surface area contributed by atoms with Gasteiger partial charge in [-0.25, -0.2) is 4.98 Å². The third-order valence-corrected chi connectivity index (χ3v) is 3.26. The molecule has 0 aliphatic carbocycles. The first-order valence-electron chi connectivity index (χ1n) is 6.26. The van der Waals surface area contributed by atoms with Gasteiger partial charge in [-0.1, -0.05) is 35.4 Å². The van der Waals surface area contributed by atoms with Crippen LogP contribution in [0.5, 0.6) is 0 Å². The molecule has 1 heterocycles. The Hall–Kier alpha value is -1.94. The van der Waals surface area contributed by atoms with Crippen LogP contribution in [0.4, 0.5) is 0 Å². The van der Waals surface area contributed by atoms with Crippen molar-refractivity contribution in [3.8, 4) is 0 Å². The van der Waals surface area contributed by atoms with Crippen molar-refractivity contribution < 1.29 is 4.79 Å². The molecule has 0 N–H and O–H groups in total. The van der Waals surface area contributed by atoms with E-state index in [1.165, 1.54) is 23.5 Å². The molecule has 0 saturated carbocycles. The largest absolute Gasteiger partial charge is 0.336 e. The summed E-state index contributed by atoms with van der Waals surface area (Å²) in [4.78, 5) is 21.7. The van der Waals surface area contributed by atoms with E-state index in [0.29, 0.717) is 6.54 Å². The molecule has 2 rings (SSSR count). The highest BCUT2D eigenvalue weighted by Crippen LogP contribution is 2.14. The molecule has 0 atom stereocenters. The molecule has 0 aliphatic heterocycles. The molecule has 4 nitrogen and oxygen atoms in total. The van der Waals surface area contributed by atoms with E-state index in [4.69, 9.17) is 11.6 Å². The third-order valence-electron chi connectivity index (χ3n) is 3.08. The Labute approximate surface area is 123 Å². The molecule has 0 fully saturated rings. The summed E-state index contributed by atoms with van der Waals surface area (Å²) < 4.78 is 0. The maximum absolute atomic E-state index is 12.2. The molecule has 1 aromatic heterocycles. The van der Waals surface area contributed by atoms with Crippen LogP contribution in [-0.2, 0) is 6.54 Å². The quantitative estimate of drug-likeness (QED) is 0.872. The van der Waals surface area contributed by atoms with Crippen molar-refractivity contribution in [2.24, 2.45) is 0 Å². The average molecular weight is 290 g/mol. The molecular weight excluding hydrogens is 274 g/mol. The van der Waals surface area contributed by atoms with Crippen molar-refractivity contribution in [1.82, 2.24) is 14.9 Å². The summed E-state index contributed by atoms with van der Waals surface area (Å²) in [5.41, 5.74) is 3.74. The van der Waals surface area contributed by atoms with Gasteiger partial charge in [-0.2, -0.15) is 0 Å². The molecule has 0 unspecified atom stereocenters. The summed E-state index contributed by atoms with van der Waals surface area (Å²) >= 11 is 5.75. The van der Waals surface area contributed by atoms with Crippen LogP contribution >= 0.6 is 11.6 Å². The number of carbonyl (C=O) groups is 1. The van der Waals surface area contributed by atoms with Crippen LogP contribution in [-0.4, -0.2) is 27.8 Å². The lowest BCUT2D eigenvalue weighted by molar-refractivity contribution is 0.0778. The minimum atomic E-state index is -0.194. The highest BCUT2D eigenvalue weighted by molar-refractivity contribution is 6.29. The Morgan fingerprint density at radius 1 is 1.30 bits per heavy atom. The number of hydrogen-bond donors (Lipinski definition) is 0. The normalized spacial score (nSPS) is 10.4. The highest BCUT2D eigenvalue weighted by atomic mass is 35.5. The van der Waals surface area contributed by atoms with E-state index in [2.05, 4.69) is 16.0 Å². The van der Waals surface area contributed by atoms with Gasteiger partial charge in [-0.3, -0.25) is 9.78 Å². The second-order valence-electron chi connectivity index (χ2n) is 4.82. The molecule has 104 valence electrons. The SMILES string of the molecule is Cc1ccc(CN(C)C(=O)c2cncc(Cl)n2)c(C)c1. The van der Waals surface area contributed by atoms with Crippen LogP contribution in [0.25, 0.3) is 0 Å². The molecule has 1 amide bonds. The summed E-state index contributed by atoms with van der Waals surface area (Å²) in [5, 5.41) is 0.218. The van der Waals surface area contributed by atoms with E-state index in [1.807, 2.05) is 26.0 Å². The van der Waals surface area contributed by atoms with Crippen molar-refractivity contribution in [3.63, 3.8) is 0 Å². The monoisotopic (exact) mass is 289 g/mol. The second-order valence-corrected chi connectivity index (χ2v) is 5.21. The molecule has 0 bridgehead atoms. The topological polar surface area (TPSA) is 46.1 Å². The van der Waals surface area contributed by atoms with Gasteiger partial charge in [-0.15, -0.1) is 0 Å².